The molecule has 0 atom stereocenters. The maximum absolute atomic E-state index is 12.3. The fourth-order valence-corrected chi connectivity index (χ4v) is 2.84. The number of nitrogens with one attached hydrogen (secondary N) is 2. The summed E-state index contributed by atoms with van der Waals surface area (Å²) in [6.45, 7) is 0. The quantitative estimate of drug-likeness (QED) is 0.357. The Kier molecular flexibility index (Phi) is 4.78. The summed E-state index contributed by atoms with van der Waals surface area (Å²) in [7, 11) is 0. The third kappa shape index (κ3) is 3.72. The number of hydrogen-bond donors (Lipinski definition) is 3. The number of hydrogen-bond acceptors (Lipinski definition) is 4. The van der Waals surface area contributed by atoms with E-state index in [9.17, 15) is 9.90 Å². The summed E-state index contributed by atoms with van der Waals surface area (Å²) in [6, 6.07) is 19.2. The minimum Gasteiger partial charge on any atom is -0.507 e. The second-order valence-corrected chi connectivity index (χ2v) is 6.52. The fraction of sp³-hybridized carbons (Fsp3) is 0. The van der Waals surface area contributed by atoms with Crippen molar-refractivity contribution in [2.45, 2.75) is 0 Å². The number of aromatic hydroxyl groups is 1. The Hall–Kier alpha value is -3.64. The molecule has 6 nitrogen and oxygen atoms in total. The molecule has 0 fully saturated rings. The first-order valence-corrected chi connectivity index (χ1v) is 8.85. The van der Waals surface area contributed by atoms with Gasteiger partial charge >= 0.3 is 0 Å². The molecule has 0 aliphatic carbocycles. The number of carbonyl (C=O) groups is 1. The number of halogens is 1. The average molecular weight is 391 g/mol. The van der Waals surface area contributed by atoms with E-state index in [-0.39, 0.29) is 11.7 Å². The molecular weight excluding hydrogens is 376 g/mol. The highest BCUT2D eigenvalue weighted by Gasteiger charge is 2.10. The van der Waals surface area contributed by atoms with E-state index in [1.807, 2.05) is 12.1 Å². The Morgan fingerprint density at radius 2 is 1.89 bits per heavy atom. The minimum atomic E-state index is -0.365. The van der Waals surface area contributed by atoms with Gasteiger partial charge in [0.1, 0.15) is 11.6 Å². The van der Waals surface area contributed by atoms with E-state index in [1.54, 1.807) is 54.6 Å². The van der Waals surface area contributed by atoms with Crippen molar-refractivity contribution in [3.05, 3.63) is 82.9 Å². The molecule has 138 valence electrons. The molecule has 0 aliphatic rings. The van der Waals surface area contributed by atoms with Crippen molar-refractivity contribution in [1.29, 1.82) is 0 Å². The molecule has 0 spiro atoms. The highest BCUT2D eigenvalue weighted by Crippen LogP contribution is 2.23. The van der Waals surface area contributed by atoms with Crippen molar-refractivity contribution in [3.8, 4) is 17.1 Å². The van der Waals surface area contributed by atoms with E-state index in [4.69, 9.17) is 11.6 Å². The first-order valence-electron chi connectivity index (χ1n) is 8.47. The van der Waals surface area contributed by atoms with Crippen LogP contribution < -0.4 is 5.43 Å². The van der Waals surface area contributed by atoms with Crippen molar-refractivity contribution in [1.82, 2.24) is 15.4 Å². The van der Waals surface area contributed by atoms with Crippen LogP contribution in [0.3, 0.4) is 0 Å². The molecule has 28 heavy (non-hydrogen) atoms. The van der Waals surface area contributed by atoms with Gasteiger partial charge < -0.3 is 10.1 Å². The van der Waals surface area contributed by atoms with Crippen LogP contribution in [0.25, 0.3) is 22.4 Å². The Labute approximate surface area is 165 Å². The first-order chi connectivity index (χ1) is 13.6. The van der Waals surface area contributed by atoms with Crippen LogP contribution in [0, 0.1) is 0 Å². The van der Waals surface area contributed by atoms with Crippen molar-refractivity contribution in [2.75, 3.05) is 0 Å². The lowest BCUT2D eigenvalue weighted by molar-refractivity contribution is 0.0955. The number of carbonyl (C=O) groups excluding carboxylic acids is 1. The van der Waals surface area contributed by atoms with Crippen LogP contribution in [0.1, 0.15) is 15.9 Å². The number of phenols is 1. The van der Waals surface area contributed by atoms with E-state index in [0.29, 0.717) is 22.0 Å². The molecule has 0 saturated carbocycles. The number of H-pyrrole nitrogens is 1. The van der Waals surface area contributed by atoms with Gasteiger partial charge in [0.15, 0.2) is 0 Å². The smallest absolute Gasteiger partial charge is 0.271 e. The standard InChI is InChI=1S/C21H15ClN4O2/c22-16-8-5-13(6-9-16)20-24-17-10-7-14(11-18(17)25-20)21(28)26-23-12-15-3-1-2-4-19(15)27/h1-12,27H,(H,24,25)(H,26,28). The van der Waals surface area contributed by atoms with Gasteiger partial charge in [-0.15, -0.1) is 0 Å². The van der Waals surface area contributed by atoms with Gasteiger partial charge in [0.25, 0.3) is 5.91 Å². The maximum atomic E-state index is 12.3. The number of para-hydroxylation sites is 1. The highest BCUT2D eigenvalue weighted by atomic mass is 35.5. The zero-order valence-corrected chi connectivity index (χ0v) is 15.3. The molecule has 1 aromatic heterocycles. The van der Waals surface area contributed by atoms with Crippen molar-refractivity contribution in [3.63, 3.8) is 0 Å². The van der Waals surface area contributed by atoms with Gasteiger partial charge in [0.2, 0.25) is 0 Å². The number of benzene rings is 3. The molecule has 0 aliphatic heterocycles. The summed E-state index contributed by atoms with van der Waals surface area (Å²) in [6.07, 6.45) is 1.39. The number of amides is 1. The second kappa shape index (κ2) is 7.54. The topological polar surface area (TPSA) is 90.4 Å². The summed E-state index contributed by atoms with van der Waals surface area (Å²) >= 11 is 5.92. The van der Waals surface area contributed by atoms with Crippen LogP contribution >= 0.6 is 11.6 Å². The molecule has 0 unspecified atom stereocenters. The molecule has 0 bridgehead atoms. The summed E-state index contributed by atoms with van der Waals surface area (Å²) in [4.78, 5) is 20.1. The zero-order valence-electron chi connectivity index (χ0n) is 14.6. The van der Waals surface area contributed by atoms with Crippen LogP contribution in [-0.2, 0) is 0 Å². The van der Waals surface area contributed by atoms with Crippen molar-refractivity contribution >= 4 is 34.8 Å². The molecule has 0 radical (unpaired) electrons. The molecular formula is C21H15ClN4O2. The van der Waals surface area contributed by atoms with Gasteiger partial charge in [-0.25, -0.2) is 10.4 Å². The molecule has 3 aromatic carbocycles. The van der Waals surface area contributed by atoms with Gasteiger partial charge in [-0.1, -0.05) is 23.7 Å². The van der Waals surface area contributed by atoms with Gasteiger partial charge in [-0.05, 0) is 54.6 Å². The zero-order chi connectivity index (χ0) is 19.5. The molecule has 4 aromatic rings. The van der Waals surface area contributed by atoms with E-state index in [1.165, 1.54) is 6.21 Å². The lowest BCUT2D eigenvalue weighted by Gasteiger charge is -2.00. The molecule has 4 rings (SSSR count). The predicted octanol–water partition coefficient (Wildman–Crippen LogP) is 4.35. The predicted molar refractivity (Wildman–Crippen MR) is 110 cm³/mol. The van der Waals surface area contributed by atoms with E-state index in [2.05, 4.69) is 20.5 Å². The number of rotatable bonds is 4. The van der Waals surface area contributed by atoms with Gasteiger partial charge in [-0.2, -0.15) is 5.10 Å². The Morgan fingerprint density at radius 1 is 1.11 bits per heavy atom. The summed E-state index contributed by atoms with van der Waals surface area (Å²) in [5.74, 6) is 0.423. The van der Waals surface area contributed by atoms with Crippen molar-refractivity contribution in [2.24, 2.45) is 5.10 Å². The first kappa shape index (κ1) is 17.8. The van der Waals surface area contributed by atoms with Gasteiger partial charge in [0, 0.05) is 21.7 Å². The van der Waals surface area contributed by atoms with E-state index < -0.39 is 0 Å². The lowest BCUT2D eigenvalue weighted by atomic mass is 10.2. The van der Waals surface area contributed by atoms with Crippen LogP contribution in [0.15, 0.2) is 71.8 Å². The number of hydrazone groups is 1. The molecule has 3 N–H and O–H groups in total. The van der Waals surface area contributed by atoms with E-state index in [0.717, 1.165) is 16.6 Å². The molecule has 0 saturated heterocycles. The Morgan fingerprint density at radius 3 is 2.68 bits per heavy atom. The summed E-state index contributed by atoms with van der Waals surface area (Å²) < 4.78 is 0. The molecule has 7 heteroatoms. The Balaban J connectivity index is 1.53. The summed E-state index contributed by atoms with van der Waals surface area (Å²) in [5, 5.41) is 14.3. The average Bonchev–Trinajstić information content (AvgIpc) is 3.13. The highest BCUT2D eigenvalue weighted by molar-refractivity contribution is 6.30. The van der Waals surface area contributed by atoms with Crippen LogP contribution in [0.5, 0.6) is 5.75 Å². The monoisotopic (exact) mass is 390 g/mol. The van der Waals surface area contributed by atoms with Crippen LogP contribution in [-0.4, -0.2) is 27.2 Å². The number of aromatic amines is 1. The SMILES string of the molecule is O=C(NN=Cc1ccccc1O)c1ccc2nc(-c3ccc(Cl)cc3)[nH]c2c1. The molecule has 1 amide bonds. The number of nitrogens with zero attached hydrogens (tertiary/aromatic N) is 2. The van der Waals surface area contributed by atoms with E-state index >= 15 is 0 Å². The molecule has 1 heterocycles. The lowest BCUT2D eigenvalue weighted by Crippen LogP contribution is -2.17. The Bertz CT molecular complexity index is 1180. The number of fused-ring (bicyclic) bond motifs is 1. The third-order valence-electron chi connectivity index (χ3n) is 4.17. The van der Waals surface area contributed by atoms with Gasteiger partial charge in [0.05, 0.1) is 17.2 Å². The fourth-order valence-electron chi connectivity index (χ4n) is 2.72. The van der Waals surface area contributed by atoms with Gasteiger partial charge in [-0.3, -0.25) is 4.79 Å². The maximum Gasteiger partial charge on any atom is 0.271 e. The van der Waals surface area contributed by atoms with Crippen LogP contribution in [0.2, 0.25) is 5.02 Å². The number of imidazole rings is 1. The number of phenolic OH excluding ortho intramolecular Hbond substituents is 1. The number of aromatic nitrogens is 2. The largest absolute Gasteiger partial charge is 0.507 e. The second-order valence-electron chi connectivity index (χ2n) is 6.08. The third-order valence-corrected chi connectivity index (χ3v) is 4.42. The summed E-state index contributed by atoms with van der Waals surface area (Å²) in [5.41, 5.74) is 5.80. The minimum absolute atomic E-state index is 0.0918. The normalized spacial score (nSPS) is 11.2. The van der Waals surface area contributed by atoms with Crippen LogP contribution in [0.4, 0.5) is 0 Å². The van der Waals surface area contributed by atoms with Crippen molar-refractivity contribution < 1.29 is 9.90 Å².